The van der Waals surface area contributed by atoms with Crippen molar-refractivity contribution in [2.24, 2.45) is 0 Å². The lowest BCUT2D eigenvalue weighted by molar-refractivity contribution is 0.200. The van der Waals surface area contributed by atoms with E-state index in [9.17, 15) is 0 Å². The highest BCUT2D eigenvalue weighted by Crippen LogP contribution is 2.21. The molecule has 0 unspecified atom stereocenters. The van der Waals surface area contributed by atoms with Crippen LogP contribution < -0.4 is 4.90 Å². The summed E-state index contributed by atoms with van der Waals surface area (Å²) in [5, 5.41) is 0. The van der Waals surface area contributed by atoms with Crippen molar-refractivity contribution < 1.29 is 0 Å². The van der Waals surface area contributed by atoms with Crippen molar-refractivity contribution in [3.05, 3.63) is 30.3 Å². The van der Waals surface area contributed by atoms with Crippen molar-refractivity contribution in [3.63, 3.8) is 0 Å². The van der Waals surface area contributed by atoms with Crippen LogP contribution in [-0.2, 0) is 0 Å². The van der Waals surface area contributed by atoms with Crippen molar-refractivity contribution in [1.82, 2.24) is 9.80 Å². The van der Waals surface area contributed by atoms with Crippen LogP contribution in [0.4, 0.5) is 5.69 Å². The summed E-state index contributed by atoms with van der Waals surface area (Å²) in [6, 6.07) is 12.2. The zero-order chi connectivity index (χ0) is 36.7. The van der Waals surface area contributed by atoms with Gasteiger partial charge in [-0.3, -0.25) is 0 Å². The molecule has 1 aromatic carbocycles. The zero-order valence-corrected chi connectivity index (χ0v) is 35.6. The second-order valence-electron chi connectivity index (χ2n) is 14.2. The van der Waals surface area contributed by atoms with E-state index in [1.165, 1.54) is 160 Å². The highest BCUT2D eigenvalue weighted by molar-refractivity contribution is 5.44. The first-order chi connectivity index (χ1) is 23.3. The summed E-state index contributed by atoms with van der Waals surface area (Å²) in [6.45, 7) is 23.5. The second kappa shape index (κ2) is 42.1. The quantitative estimate of drug-likeness (QED) is 0.171. The summed E-state index contributed by atoms with van der Waals surface area (Å²) in [5.74, 6) is 0. The van der Waals surface area contributed by atoms with E-state index in [2.05, 4.69) is 122 Å². The first kappa shape index (κ1) is 51.3. The molecule has 2 aliphatic carbocycles. The monoisotopic (exact) mass is 676 g/mol. The molecule has 2 fully saturated rings. The number of rotatable bonds is 15. The fourth-order valence-corrected chi connectivity index (χ4v) is 5.93. The van der Waals surface area contributed by atoms with Crippen molar-refractivity contribution in [3.8, 4) is 0 Å². The Bertz CT molecular complexity index is 611. The summed E-state index contributed by atoms with van der Waals surface area (Å²) in [4.78, 5) is 7.18. The van der Waals surface area contributed by atoms with Crippen molar-refractivity contribution >= 4 is 5.69 Å². The van der Waals surface area contributed by atoms with Crippen LogP contribution in [0.1, 0.15) is 204 Å². The fraction of sp³-hybridized carbons (Fsp3) is 0.867. The number of benzene rings is 1. The van der Waals surface area contributed by atoms with Crippen molar-refractivity contribution in [2.75, 3.05) is 45.7 Å². The van der Waals surface area contributed by atoms with Crippen molar-refractivity contribution in [2.45, 2.75) is 216 Å². The lowest BCUT2D eigenvalue weighted by atomic mass is 9.95. The summed E-state index contributed by atoms with van der Waals surface area (Å²) in [5.41, 5.74) is 1.28. The molecular weight excluding hydrogens is 583 g/mol. The van der Waals surface area contributed by atoms with E-state index < -0.39 is 0 Å². The van der Waals surface area contributed by atoms with Gasteiger partial charge in [-0.2, -0.15) is 0 Å². The predicted octanol–water partition coefficient (Wildman–Crippen LogP) is 14.4. The number of para-hydroxylation sites is 1. The minimum absolute atomic E-state index is 0.902. The van der Waals surface area contributed by atoms with E-state index in [0.717, 1.165) is 18.6 Å². The maximum absolute atomic E-state index is 2.49. The van der Waals surface area contributed by atoms with Gasteiger partial charge < -0.3 is 14.7 Å². The minimum atomic E-state index is 0.902. The van der Waals surface area contributed by atoms with E-state index in [-0.39, 0.29) is 0 Å². The molecule has 1 aromatic rings. The van der Waals surface area contributed by atoms with Gasteiger partial charge in [-0.1, -0.05) is 189 Å². The normalized spacial score (nSPS) is 14.5. The van der Waals surface area contributed by atoms with Gasteiger partial charge in [-0.15, -0.1) is 0 Å². The van der Waals surface area contributed by atoms with Crippen LogP contribution in [0.3, 0.4) is 0 Å². The van der Waals surface area contributed by atoms with Gasteiger partial charge in [0.05, 0.1) is 0 Å². The molecule has 48 heavy (non-hydrogen) atoms. The van der Waals surface area contributed by atoms with E-state index in [4.69, 9.17) is 0 Å². The highest BCUT2D eigenvalue weighted by Gasteiger charge is 2.16. The topological polar surface area (TPSA) is 9.72 Å². The molecule has 2 saturated carbocycles. The Kier molecular flexibility index (Phi) is 45.0. The molecule has 0 aliphatic heterocycles. The molecule has 2 aliphatic rings. The molecule has 0 heterocycles. The maximum atomic E-state index is 2.49. The predicted molar refractivity (Wildman–Crippen MR) is 225 cm³/mol. The third-order valence-corrected chi connectivity index (χ3v) is 9.94. The minimum Gasteiger partial charge on any atom is -0.375 e. The molecule has 3 nitrogen and oxygen atoms in total. The number of hydrogen-bond acceptors (Lipinski definition) is 3. The lowest BCUT2D eigenvalue weighted by Gasteiger charge is -2.29. The molecule has 0 spiro atoms. The van der Waals surface area contributed by atoms with E-state index in [1.54, 1.807) is 0 Å². The molecule has 0 saturated heterocycles. The Hall–Kier alpha value is -1.06. The van der Waals surface area contributed by atoms with Gasteiger partial charge >= 0.3 is 0 Å². The number of unbranched alkanes of at least 4 members (excludes halogenated alkanes) is 9. The molecule has 0 N–H and O–H groups in total. The van der Waals surface area contributed by atoms with Crippen molar-refractivity contribution in [1.29, 1.82) is 0 Å². The Balaban J connectivity index is -0.000000516. The third kappa shape index (κ3) is 34.8. The zero-order valence-electron chi connectivity index (χ0n) is 35.6. The number of hydrogen-bond donors (Lipinski definition) is 0. The third-order valence-electron chi connectivity index (χ3n) is 9.94. The van der Waals surface area contributed by atoms with Crippen LogP contribution >= 0.6 is 0 Å². The average molecular weight is 676 g/mol. The van der Waals surface area contributed by atoms with E-state index >= 15 is 0 Å². The number of anilines is 1. The molecule has 0 amide bonds. The summed E-state index contributed by atoms with van der Waals surface area (Å²) in [6.07, 6.45) is 31.1. The summed E-state index contributed by atoms with van der Waals surface area (Å²) < 4.78 is 0. The van der Waals surface area contributed by atoms with Crippen LogP contribution in [0.2, 0.25) is 0 Å². The maximum Gasteiger partial charge on any atom is 0.0363 e. The Morgan fingerprint density at radius 2 is 0.708 bits per heavy atom. The Morgan fingerprint density at radius 3 is 0.938 bits per heavy atom. The van der Waals surface area contributed by atoms with E-state index in [0.29, 0.717) is 0 Å². The summed E-state index contributed by atoms with van der Waals surface area (Å²) in [7, 11) is 6.58. The van der Waals surface area contributed by atoms with Gasteiger partial charge in [0.2, 0.25) is 0 Å². The molecule has 0 atom stereocenters. The van der Waals surface area contributed by atoms with Gasteiger partial charge in [-0.25, -0.2) is 0 Å². The second-order valence-corrected chi connectivity index (χ2v) is 14.2. The van der Waals surface area contributed by atoms with Crippen LogP contribution in [0.25, 0.3) is 0 Å². The highest BCUT2D eigenvalue weighted by atomic mass is 15.1. The first-order valence-electron chi connectivity index (χ1n) is 21.4. The first-order valence-corrected chi connectivity index (χ1v) is 21.4. The molecule has 288 valence electrons. The smallest absolute Gasteiger partial charge is 0.0363 e. The number of nitrogens with zero attached hydrogens (tertiary/aromatic N) is 3. The fourth-order valence-electron chi connectivity index (χ4n) is 5.93. The average Bonchev–Trinajstić information content (AvgIpc) is 3.16. The molecule has 3 rings (SSSR count). The molecule has 0 bridgehead atoms. The standard InChI is InChI=1S/2C9H19N.C9H13N.3C6H14/c3*1-3-10(2)9-7-5-4-6-8-9;3*1-3-5-6-4-2/h2*9H,3-8H2,1-2H3;4-8H,3H2,1-2H3;3*3-6H2,1-2H3. The molecule has 0 radical (unpaired) electrons. The van der Waals surface area contributed by atoms with Gasteiger partial charge in [0, 0.05) is 31.4 Å². The Labute approximate surface area is 306 Å². The largest absolute Gasteiger partial charge is 0.375 e. The van der Waals surface area contributed by atoms with Gasteiger partial charge in [-0.05, 0) is 71.9 Å². The van der Waals surface area contributed by atoms with Gasteiger partial charge in [0.1, 0.15) is 0 Å². The SMILES string of the molecule is CCCCCC.CCCCCC.CCCCCC.CCN(C)C1CCCCC1.CCN(C)C1CCCCC1.CCN(C)c1ccccc1. The molecule has 0 aromatic heterocycles. The van der Waals surface area contributed by atoms with Crippen LogP contribution in [0, 0.1) is 0 Å². The van der Waals surface area contributed by atoms with E-state index in [1.807, 2.05) is 6.07 Å². The molecule has 3 heteroatoms. The Morgan fingerprint density at radius 1 is 0.417 bits per heavy atom. The van der Waals surface area contributed by atoms with Crippen LogP contribution in [0.15, 0.2) is 30.3 Å². The van der Waals surface area contributed by atoms with Crippen LogP contribution in [0.5, 0.6) is 0 Å². The lowest BCUT2D eigenvalue weighted by Crippen LogP contribution is -2.32. The van der Waals surface area contributed by atoms with Gasteiger partial charge in [0.25, 0.3) is 0 Å². The molecular formula is C45H93N3. The van der Waals surface area contributed by atoms with Gasteiger partial charge in [0.15, 0.2) is 0 Å². The van der Waals surface area contributed by atoms with Crippen LogP contribution in [-0.4, -0.2) is 62.7 Å². The summed E-state index contributed by atoms with van der Waals surface area (Å²) >= 11 is 0.